The number of carbonyl (C=O) groups is 1. The van der Waals surface area contributed by atoms with Crippen LogP contribution in [-0.2, 0) is 11.2 Å². The molecule has 1 aromatic carbocycles. The minimum absolute atomic E-state index is 0.0463. The monoisotopic (exact) mass is 303 g/mol. The first-order valence-corrected chi connectivity index (χ1v) is 7.11. The molecule has 0 saturated heterocycles. The van der Waals surface area contributed by atoms with E-state index in [4.69, 9.17) is 15.5 Å². The second-order valence-corrected chi connectivity index (χ2v) is 4.60. The fraction of sp³-hybridized carbons (Fsp3) is 0.375. The topological polar surface area (TPSA) is 96.6 Å². The van der Waals surface area contributed by atoms with Crippen molar-refractivity contribution < 1.29 is 15.0 Å². The van der Waals surface area contributed by atoms with Gasteiger partial charge < -0.3 is 20.4 Å². The molecule has 1 aromatic rings. The number of nitrogens with zero attached hydrogens (tertiary/aromatic N) is 2. The summed E-state index contributed by atoms with van der Waals surface area (Å²) in [6.07, 6.45) is 2.16. The number of nitrogens with one attached hydrogen (secondary N) is 1. The summed E-state index contributed by atoms with van der Waals surface area (Å²) in [5.41, 5.74) is 1.12. The molecule has 0 radical (unpaired) electrons. The maximum Gasteiger partial charge on any atom is 0.266 e. The Morgan fingerprint density at radius 2 is 1.86 bits per heavy atom. The third-order valence-electron chi connectivity index (χ3n) is 3.03. The predicted molar refractivity (Wildman–Crippen MR) is 82.6 cm³/mol. The van der Waals surface area contributed by atoms with Gasteiger partial charge in [-0.1, -0.05) is 30.3 Å². The predicted octanol–water partition coefficient (Wildman–Crippen LogP) is 0.0394. The van der Waals surface area contributed by atoms with Crippen molar-refractivity contribution in [1.82, 2.24) is 10.2 Å². The standard InChI is InChI=1S/C16H21N3O3/c17-12-15(16(22)19(8-10-20)9-11-21)13-18-7-6-14-4-2-1-3-5-14/h1-5,13,18,20-21H,6-11H2/b15-13-. The number of nitriles is 1. The molecule has 0 aromatic heterocycles. The van der Waals surface area contributed by atoms with Gasteiger partial charge in [-0.2, -0.15) is 5.26 Å². The normalized spacial score (nSPS) is 10.9. The van der Waals surface area contributed by atoms with E-state index in [9.17, 15) is 4.79 Å². The molecule has 1 amide bonds. The van der Waals surface area contributed by atoms with Crippen LogP contribution in [0.15, 0.2) is 42.1 Å². The molecule has 0 bridgehead atoms. The lowest BCUT2D eigenvalue weighted by Crippen LogP contribution is -2.37. The molecule has 0 unspecified atom stereocenters. The van der Waals surface area contributed by atoms with Crippen molar-refractivity contribution in [1.29, 1.82) is 5.26 Å². The first-order chi connectivity index (χ1) is 10.7. The molecular formula is C16H21N3O3. The molecule has 0 fully saturated rings. The molecule has 22 heavy (non-hydrogen) atoms. The van der Waals surface area contributed by atoms with Gasteiger partial charge in [0, 0.05) is 25.8 Å². The van der Waals surface area contributed by atoms with E-state index < -0.39 is 5.91 Å². The molecule has 0 heterocycles. The van der Waals surface area contributed by atoms with Gasteiger partial charge >= 0.3 is 0 Å². The number of benzene rings is 1. The van der Waals surface area contributed by atoms with Crippen molar-refractivity contribution in [2.45, 2.75) is 6.42 Å². The summed E-state index contributed by atoms with van der Waals surface area (Å²) in [6.45, 7) is 0.338. The Morgan fingerprint density at radius 1 is 1.23 bits per heavy atom. The summed E-state index contributed by atoms with van der Waals surface area (Å²) < 4.78 is 0. The lowest BCUT2D eigenvalue weighted by atomic mass is 10.1. The van der Waals surface area contributed by atoms with Crippen LogP contribution in [0.5, 0.6) is 0 Å². The van der Waals surface area contributed by atoms with Crippen LogP contribution in [0.3, 0.4) is 0 Å². The van der Waals surface area contributed by atoms with Gasteiger partial charge in [-0.05, 0) is 12.0 Å². The fourth-order valence-electron chi connectivity index (χ4n) is 1.90. The van der Waals surface area contributed by atoms with Crippen molar-refractivity contribution >= 4 is 5.91 Å². The van der Waals surface area contributed by atoms with Crippen LogP contribution in [-0.4, -0.2) is 53.9 Å². The van der Waals surface area contributed by atoms with Crippen LogP contribution in [0.1, 0.15) is 5.56 Å². The van der Waals surface area contributed by atoms with Gasteiger partial charge in [0.1, 0.15) is 11.6 Å². The van der Waals surface area contributed by atoms with Gasteiger partial charge in [0.15, 0.2) is 0 Å². The van der Waals surface area contributed by atoms with Crippen LogP contribution >= 0.6 is 0 Å². The highest BCUT2D eigenvalue weighted by atomic mass is 16.3. The molecule has 0 saturated carbocycles. The van der Waals surface area contributed by atoms with Gasteiger partial charge in [-0.25, -0.2) is 0 Å². The minimum atomic E-state index is -0.502. The Morgan fingerprint density at radius 3 is 2.41 bits per heavy atom. The van der Waals surface area contributed by atoms with E-state index in [-0.39, 0.29) is 31.9 Å². The number of amides is 1. The Bertz CT molecular complexity index is 517. The summed E-state index contributed by atoms with van der Waals surface area (Å²) >= 11 is 0. The average Bonchev–Trinajstić information content (AvgIpc) is 2.55. The number of hydrogen-bond acceptors (Lipinski definition) is 5. The second kappa shape index (κ2) is 10.4. The molecule has 0 aliphatic heterocycles. The Balaban J connectivity index is 2.54. The molecular weight excluding hydrogens is 282 g/mol. The van der Waals surface area contributed by atoms with Crippen molar-refractivity contribution in [3.05, 3.63) is 47.7 Å². The Hall–Kier alpha value is -2.36. The van der Waals surface area contributed by atoms with Crippen molar-refractivity contribution in [3.8, 4) is 6.07 Å². The first-order valence-electron chi connectivity index (χ1n) is 7.11. The zero-order valence-corrected chi connectivity index (χ0v) is 12.4. The van der Waals surface area contributed by atoms with E-state index in [0.717, 1.165) is 12.0 Å². The Kier molecular flexibility index (Phi) is 8.35. The Labute approximate surface area is 130 Å². The third-order valence-corrected chi connectivity index (χ3v) is 3.03. The average molecular weight is 303 g/mol. The summed E-state index contributed by atoms with van der Waals surface area (Å²) in [5, 5.41) is 29.8. The molecule has 1 rings (SSSR count). The van der Waals surface area contributed by atoms with Crippen molar-refractivity contribution in [2.24, 2.45) is 0 Å². The molecule has 0 aliphatic rings. The molecule has 6 nitrogen and oxygen atoms in total. The summed E-state index contributed by atoms with van der Waals surface area (Å²) in [4.78, 5) is 13.3. The minimum Gasteiger partial charge on any atom is -0.395 e. The SMILES string of the molecule is N#C/C(=C/NCCc1ccccc1)C(=O)N(CCO)CCO. The summed E-state index contributed by atoms with van der Waals surface area (Å²) in [5.74, 6) is -0.502. The summed E-state index contributed by atoms with van der Waals surface area (Å²) in [6, 6.07) is 11.7. The first kappa shape index (κ1) is 17.7. The van der Waals surface area contributed by atoms with Crippen LogP contribution in [0.25, 0.3) is 0 Å². The highest BCUT2D eigenvalue weighted by Crippen LogP contribution is 2.01. The van der Waals surface area contributed by atoms with Crippen molar-refractivity contribution in [2.75, 3.05) is 32.8 Å². The fourth-order valence-corrected chi connectivity index (χ4v) is 1.90. The maximum absolute atomic E-state index is 12.1. The van der Waals surface area contributed by atoms with E-state index in [1.807, 2.05) is 36.4 Å². The number of aliphatic hydroxyl groups excluding tert-OH is 2. The van der Waals surface area contributed by atoms with E-state index in [2.05, 4.69) is 5.32 Å². The third kappa shape index (κ3) is 5.95. The van der Waals surface area contributed by atoms with Crippen LogP contribution in [0.4, 0.5) is 0 Å². The zero-order valence-electron chi connectivity index (χ0n) is 12.4. The highest BCUT2D eigenvalue weighted by Gasteiger charge is 2.17. The quantitative estimate of drug-likeness (QED) is 0.340. The highest BCUT2D eigenvalue weighted by molar-refractivity contribution is 5.97. The number of carbonyl (C=O) groups excluding carboxylic acids is 1. The molecule has 0 spiro atoms. The van der Waals surface area contributed by atoms with Crippen LogP contribution in [0.2, 0.25) is 0 Å². The van der Waals surface area contributed by atoms with Gasteiger partial charge in [-0.3, -0.25) is 4.79 Å². The van der Waals surface area contributed by atoms with E-state index >= 15 is 0 Å². The number of aliphatic hydroxyl groups is 2. The van der Waals surface area contributed by atoms with Gasteiger partial charge in [-0.15, -0.1) is 0 Å². The van der Waals surface area contributed by atoms with E-state index in [1.165, 1.54) is 11.1 Å². The second-order valence-electron chi connectivity index (χ2n) is 4.60. The summed E-state index contributed by atoms with van der Waals surface area (Å²) in [7, 11) is 0. The van der Waals surface area contributed by atoms with Gasteiger partial charge in [0.2, 0.25) is 0 Å². The lowest BCUT2D eigenvalue weighted by Gasteiger charge is -2.20. The van der Waals surface area contributed by atoms with Crippen LogP contribution in [0, 0.1) is 11.3 Å². The van der Waals surface area contributed by atoms with Gasteiger partial charge in [0.05, 0.1) is 13.2 Å². The molecule has 3 N–H and O–H groups in total. The van der Waals surface area contributed by atoms with Crippen molar-refractivity contribution in [3.63, 3.8) is 0 Å². The smallest absolute Gasteiger partial charge is 0.266 e. The van der Waals surface area contributed by atoms with E-state index in [0.29, 0.717) is 6.54 Å². The zero-order chi connectivity index (χ0) is 16.2. The molecule has 6 heteroatoms. The van der Waals surface area contributed by atoms with E-state index in [1.54, 1.807) is 0 Å². The maximum atomic E-state index is 12.1. The largest absolute Gasteiger partial charge is 0.395 e. The molecule has 118 valence electrons. The van der Waals surface area contributed by atoms with Gasteiger partial charge in [0.25, 0.3) is 5.91 Å². The van der Waals surface area contributed by atoms with Crippen LogP contribution < -0.4 is 5.32 Å². The number of hydrogen-bond donors (Lipinski definition) is 3. The number of rotatable bonds is 9. The molecule has 0 aliphatic carbocycles. The lowest BCUT2D eigenvalue weighted by molar-refractivity contribution is -0.127. The molecule has 0 atom stereocenters.